The Balaban J connectivity index is 2.19. The van der Waals surface area contributed by atoms with E-state index in [4.69, 9.17) is 4.74 Å². The largest absolute Gasteiger partial charge is 0.417 e. The molecule has 1 amide bonds. The number of hydrogen-bond donors (Lipinski definition) is 1. The van der Waals surface area contributed by atoms with Crippen molar-refractivity contribution in [2.45, 2.75) is 38.1 Å². The molecule has 1 N–H and O–H groups in total. The van der Waals surface area contributed by atoms with Gasteiger partial charge in [-0.05, 0) is 38.0 Å². The minimum atomic E-state index is -4.57. The molecule has 116 valence electrons. The van der Waals surface area contributed by atoms with Crippen molar-refractivity contribution in [2.75, 3.05) is 6.61 Å². The predicted molar refractivity (Wildman–Crippen MR) is 75.0 cm³/mol. The van der Waals surface area contributed by atoms with E-state index in [0.29, 0.717) is 19.4 Å². The Hall–Kier alpha value is -1.08. The third-order valence-corrected chi connectivity index (χ3v) is 3.85. The Kier molecular flexibility index (Phi) is 4.93. The number of alkyl halides is 3. The lowest BCUT2D eigenvalue weighted by Gasteiger charge is -2.28. The van der Waals surface area contributed by atoms with Crippen molar-refractivity contribution in [3.05, 3.63) is 33.8 Å². The zero-order valence-electron chi connectivity index (χ0n) is 11.3. The van der Waals surface area contributed by atoms with Crippen LogP contribution in [0.25, 0.3) is 0 Å². The molecular formula is C14H15BrF3NO2. The number of rotatable bonds is 2. The van der Waals surface area contributed by atoms with Crippen LogP contribution in [0.15, 0.2) is 22.7 Å². The van der Waals surface area contributed by atoms with Gasteiger partial charge in [0.15, 0.2) is 0 Å². The highest BCUT2D eigenvalue weighted by molar-refractivity contribution is 9.10. The SMILES string of the molecule is CC1CC(NC(=O)c2ccc(Br)cc2C(F)(F)F)CCO1. The molecule has 1 fully saturated rings. The zero-order valence-corrected chi connectivity index (χ0v) is 12.9. The first-order valence-electron chi connectivity index (χ1n) is 6.56. The fourth-order valence-electron chi connectivity index (χ4n) is 2.34. The van der Waals surface area contributed by atoms with Gasteiger partial charge in [-0.25, -0.2) is 0 Å². The first-order chi connectivity index (χ1) is 9.77. The quantitative estimate of drug-likeness (QED) is 0.866. The van der Waals surface area contributed by atoms with Gasteiger partial charge in [0.1, 0.15) is 0 Å². The molecule has 1 aromatic rings. The molecule has 0 aromatic heterocycles. The van der Waals surface area contributed by atoms with E-state index in [1.165, 1.54) is 12.1 Å². The van der Waals surface area contributed by atoms with Gasteiger partial charge < -0.3 is 10.1 Å². The normalized spacial score (nSPS) is 22.9. The second-order valence-corrected chi connectivity index (χ2v) is 5.98. The molecular weight excluding hydrogens is 351 g/mol. The molecule has 2 unspecified atom stereocenters. The summed E-state index contributed by atoms with van der Waals surface area (Å²) in [5.74, 6) is -0.700. The Bertz CT molecular complexity index is 533. The van der Waals surface area contributed by atoms with Crippen LogP contribution in [-0.2, 0) is 10.9 Å². The third kappa shape index (κ3) is 4.20. The van der Waals surface area contributed by atoms with Gasteiger partial charge in [-0.1, -0.05) is 15.9 Å². The molecule has 2 rings (SSSR count). The summed E-state index contributed by atoms with van der Waals surface area (Å²) in [5.41, 5.74) is -1.29. The molecule has 3 nitrogen and oxygen atoms in total. The Morgan fingerprint density at radius 2 is 2.14 bits per heavy atom. The van der Waals surface area contributed by atoms with Crippen LogP contribution >= 0.6 is 15.9 Å². The van der Waals surface area contributed by atoms with Crippen LogP contribution in [0.5, 0.6) is 0 Å². The van der Waals surface area contributed by atoms with E-state index >= 15 is 0 Å². The lowest BCUT2D eigenvalue weighted by atomic mass is 10.0. The summed E-state index contributed by atoms with van der Waals surface area (Å²) in [6.45, 7) is 2.37. The number of benzene rings is 1. The van der Waals surface area contributed by atoms with Crippen molar-refractivity contribution >= 4 is 21.8 Å². The highest BCUT2D eigenvalue weighted by atomic mass is 79.9. The monoisotopic (exact) mass is 365 g/mol. The van der Waals surface area contributed by atoms with Crippen LogP contribution in [0.4, 0.5) is 13.2 Å². The average molecular weight is 366 g/mol. The van der Waals surface area contributed by atoms with Gasteiger partial charge in [0, 0.05) is 17.1 Å². The lowest BCUT2D eigenvalue weighted by molar-refractivity contribution is -0.138. The summed E-state index contributed by atoms with van der Waals surface area (Å²) in [7, 11) is 0. The van der Waals surface area contributed by atoms with Gasteiger partial charge in [-0.2, -0.15) is 13.2 Å². The van der Waals surface area contributed by atoms with Gasteiger partial charge in [-0.3, -0.25) is 4.79 Å². The lowest BCUT2D eigenvalue weighted by Crippen LogP contribution is -2.41. The molecule has 1 aromatic carbocycles. The van der Waals surface area contributed by atoms with E-state index in [-0.39, 0.29) is 22.2 Å². The topological polar surface area (TPSA) is 38.3 Å². The van der Waals surface area contributed by atoms with Crippen molar-refractivity contribution in [3.63, 3.8) is 0 Å². The van der Waals surface area contributed by atoms with Crippen molar-refractivity contribution < 1.29 is 22.7 Å². The molecule has 0 aliphatic carbocycles. The molecule has 1 saturated heterocycles. The van der Waals surface area contributed by atoms with Crippen LogP contribution in [-0.4, -0.2) is 24.7 Å². The highest BCUT2D eigenvalue weighted by Gasteiger charge is 2.36. The summed E-state index contributed by atoms with van der Waals surface area (Å²) in [6, 6.07) is 3.37. The molecule has 0 bridgehead atoms. The fourth-order valence-corrected chi connectivity index (χ4v) is 2.70. The van der Waals surface area contributed by atoms with Crippen LogP contribution in [0.1, 0.15) is 35.7 Å². The maximum Gasteiger partial charge on any atom is 0.417 e. The van der Waals surface area contributed by atoms with Crippen molar-refractivity contribution in [2.24, 2.45) is 0 Å². The molecule has 2 atom stereocenters. The van der Waals surface area contributed by atoms with E-state index in [0.717, 1.165) is 6.07 Å². The maximum atomic E-state index is 13.0. The van der Waals surface area contributed by atoms with Crippen molar-refractivity contribution in [1.82, 2.24) is 5.32 Å². The molecule has 7 heteroatoms. The van der Waals surface area contributed by atoms with E-state index in [1.807, 2.05) is 6.92 Å². The van der Waals surface area contributed by atoms with E-state index in [2.05, 4.69) is 21.2 Å². The van der Waals surface area contributed by atoms with Gasteiger partial charge in [0.2, 0.25) is 0 Å². The molecule has 1 aliphatic rings. The smallest absolute Gasteiger partial charge is 0.378 e. The molecule has 0 spiro atoms. The van der Waals surface area contributed by atoms with E-state index in [1.54, 1.807) is 0 Å². The predicted octanol–water partition coefficient (Wildman–Crippen LogP) is 3.77. The minimum absolute atomic E-state index is 0.00365. The van der Waals surface area contributed by atoms with E-state index < -0.39 is 17.6 Å². The standard InChI is InChI=1S/C14H15BrF3NO2/c1-8-6-10(4-5-21-8)19-13(20)11-3-2-9(15)7-12(11)14(16,17)18/h2-3,7-8,10H,4-6H2,1H3,(H,19,20). The number of carbonyl (C=O) groups excluding carboxylic acids is 1. The van der Waals surface area contributed by atoms with Gasteiger partial charge in [0.25, 0.3) is 5.91 Å². The number of amides is 1. The number of carbonyl (C=O) groups is 1. The van der Waals surface area contributed by atoms with Crippen molar-refractivity contribution in [3.8, 4) is 0 Å². The van der Waals surface area contributed by atoms with Crippen LogP contribution in [0.2, 0.25) is 0 Å². The highest BCUT2D eigenvalue weighted by Crippen LogP contribution is 2.34. The number of nitrogens with one attached hydrogen (secondary N) is 1. The van der Waals surface area contributed by atoms with Gasteiger partial charge in [-0.15, -0.1) is 0 Å². The van der Waals surface area contributed by atoms with E-state index in [9.17, 15) is 18.0 Å². The Labute approximate surface area is 129 Å². The van der Waals surface area contributed by atoms with Gasteiger partial charge in [0.05, 0.1) is 17.2 Å². The van der Waals surface area contributed by atoms with Gasteiger partial charge >= 0.3 is 6.18 Å². The molecule has 21 heavy (non-hydrogen) atoms. The molecule has 0 saturated carbocycles. The molecule has 0 radical (unpaired) electrons. The fraction of sp³-hybridized carbons (Fsp3) is 0.500. The summed E-state index contributed by atoms with van der Waals surface area (Å²) < 4.78 is 44.7. The number of halogens is 4. The maximum absolute atomic E-state index is 13.0. The summed E-state index contributed by atoms with van der Waals surface area (Å²) in [6.07, 6.45) is -3.37. The average Bonchev–Trinajstić information content (AvgIpc) is 2.37. The third-order valence-electron chi connectivity index (χ3n) is 3.35. The van der Waals surface area contributed by atoms with Crippen LogP contribution in [0, 0.1) is 0 Å². The molecule has 1 aliphatic heterocycles. The zero-order chi connectivity index (χ0) is 15.6. The Morgan fingerprint density at radius 1 is 1.43 bits per heavy atom. The summed E-state index contributed by atoms with van der Waals surface area (Å²) >= 11 is 3.00. The summed E-state index contributed by atoms with van der Waals surface area (Å²) in [5, 5.41) is 2.66. The van der Waals surface area contributed by atoms with Crippen molar-refractivity contribution in [1.29, 1.82) is 0 Å². The Morgan fingerprint density at radius 3 is 2.76 bits per heavy atom. The van der Waals surface area contributed by atoms with Crippen LogP contribution in [0.3, 0.4) is 0 Å². The van der Waals surface area contributed by atoms with Crippen LogP contribution < -0.4 is 5.32 Å². The summed E-state index contributed by atoms with van der Waals surface area (Å²) in [4.78, 5) is 12.1. The molecule has 1 heterocycles. The number of ether oxygens (including phenoxy) is 1. The first-order valence-corrected chi connectivity index (χ1v) is 7.36. The number of hydrogen-bond acceptors (Lipinski definition) is 2. The minimum Gasteiger partial charge on any atom is -0.378 e. The first kappa shape index (κ1) is 16.3. The second kappa shape index (κ2) is 6.36. The second-order valence-electron chi connectivity index (χ2n) is 5.06.